The van der Waals surface area contributed by atoms with Crippen LogP contribution in [-0.4, -0.2) is 22.3 Å². The Morgan fingerprint density at radius 1 is 0.481 bits per heavy atom. The Morgan fingerprint density at radius 3 is 1.11 bits per heavy atom. The number of thioether (sulfide) groups is 1. The van der Waals surface area contributed by atoms with Gasteiger partial charge in [0.25, 0.3) is 0 Å². The van der Waals surface area contributed by atoms with E-state index in [2.05, 4.69) is 13.8 Å². The van der Waals surface area contributed by atoms with Crippen molar-refractivity contribution in [1.82, 2.24) is 0 Å². The van der Waals surface area contributed by atoms with Crippen LogP contribution in [0.3, 0.4) is 0 Å². The molecule has 2 atom stereocenters. The molecule has 164 valence electrons. The maximum Gasteiger partial charge on any atom is 0.0426 e. The molecule has 3 heteroatoms. The molecular weight excluding hydrogens is 391 g/mol. The summed E-state index contributed by atoms with van der Waals surface area (Å²) in [5.41, 5.74) is 0. The molecule has 0 aliphatic rings. The van der Waals surface area contributed by atoms with Crippen LogP contribution in [0.5, 0.6) is 0 Å². The monoisotopic (exact) mass is 438 g/mol. The van der Waals surface area contributed by atoms with Gasteiger partial charge in [0.2, 0.25) is 0 Å². The van der Waals surface area contributed by atoms with E-state index in [9.17, 15) is 0 Å². The Balaban J connectivity index is 3.29. The molecule has 0 nitrogen and oxygen atoms in total. The number of hydrogen-bond donors (Lipinski definition) is 0. The SMILES string of the molecule is CCCCCCCCCCC(Cl)CSCC(Cl)CCCCCCCCCC. The first kappa shape index (κ1) is 27.9. The van der Waals surface area contributed by atoms with Gasteiger partial charge in [-0.25, -0.2) is 0 Å². The molecule has 2 unspecified atom stereocenters. The summed E-state index contributed by atoms with van der Waals surface area (Å²) < 4.78 is 0. The van der Waals surface area contributed by atoms with Gasteiger partial charge >= 0.3 is 0 Å². The fraction of sp³-hybridized carbons (Fsp3) is 1.00. The molecule has 0 heterocycles. The van der Waals surface area contributed by atoms with E-state index >= 15 is 0 Å². The van der Waals surface area contributed by atoms with Crippen molar-refractivity contribution in [3.8, 4) is 0 Å². The first-order valence-corrected chi connectivity index (χ1v) is 14.1. The van der Waals surface area contributed by atoms with E-state index in [0.29, 0.717) is 10.8 Å². The van der Waals surface area contributed by atoms with Gasteiger partial charge in [-0.15, -0.1) is 23.2 Å². The average Bonchev–Trinajstić information content (AvgIpc) is 2.66. The summed E-state index contributed by atoms with van der Waals surface area (Å²) in [5, 5.41) is 0.671. The molecule has 0 fully saturated rings. The van der Waals surface area contributed by atoms with Crippen LogP contribution in [0, 0.1) is 0 Å². The number of rotatable bonds is 22. The second-order valence-corrected chi connectivity index (χ2v) is 10.6. The minimum absolute atomic E-state index is 0.335. The van der Waals surface area contributed by atoms with Crippen molar-refractivity contribution in [1.29, 1.82) is 0 Å². The summed E-state index contributed by atoms with van der Waals surface area (Å²) in [6, 6.07) is 0. The average molecular weight is 440 g/mol. The Morgan fingerprint density at radius 2 is 0.778 bits per heavy atom. The van der Waals surface area contributed by atoms with E-state index in [1.807, 2.05) is 11.8 Å². The van der Waals surface area contributed by atoms with Crippen LogP contribution in [0.4, 0.5) is 0 Å². The molecule has 0 aliphatic heterocycles. The van der Waals surface area contributed by atoms with Crippen LogP contribution in [0.1, 0.15) is 129 Å². The Kier molecular flexibility index (Phi) is 24.0. The lowest BCUT2D eigenvalue weighted by Gasteiger charge is -2.12. The molecule has 0 bridgehead atoms. The first-order valence-electron chi connectivity index (χ1n) is 12.1. The highest BCUT2D eigenvalue weighted by Gasteiger charge is 2.08. The fourth-order valence-electron chi connectivity index (χ4n) is 3.49. The van der Waals surface area contributed by atoms with Gasteiger partial charge in [0, 0.05) is 22.3 Å². The molecule has 0 saturated heterocycles. The molecule has 0 spiro atoms. The zero-order valence-corrected chi connectivity index (χ0v) is 20.8. The van der Waals surface area contributed by atoms with Gasteiger partial charge in [0.1, 0.15) is 0 Å². The van der Waals surface area contributed by atoms with E-state index in [0.717, 1.165) is 11.5 Å². The molecule has 27 heavy (non-hydrogen) atoms. The van der Waals surface area contributed by atoms with Crippen molar-refractivity contribution in [2.24, 2.45) is 0 Å². The highest BCUT2D eigenvalue weighted by molar-refractivity contribution is 7.99. The smallest absolute Gasteiger partial charge is 0.0426 e. The zero-order chi connectivity index (χ0) is 20.0. The lowest BCUT2D eigenvalue weighted by molar-refractivity contribution is 0.563. The van der Waals surface area contributed by atoms with Gasteiger partial charge < -0.3 is 0 Å². The zero-order valence-electron chi connectivity index (χ0n) is 18.5. The number of unbranched alkanes of at least 4 members (excludes halogenated alkanes) is 14. The molecule has 0 aromatic carbocycles. The Labute approximate surface area is 186 Å². The van der Waals surface area contributed by atoms with Crippen molar-refractivity contribution >= 4 is 35.0 Å². The quantitative estimate of drug-likeness (QED) is 0.119. The minimum atomic E-state index is 0.335. The molecular formula is C24H48Cl2S. The number of halogens is 2. The van der Waals surface area contributed by atoms with E-state index in [4.69, 9.17) is 23.2 Å². The summed E-state index contributed by atoms with van der Waals surface area (Å²) in [6.07, 6.45) is 24.4. The second kappa shape index (κ2) is 23.2. The van der Waals surface area contributed by atoms with Crippen LogP contribution in [0.15, 0.2) is 0 Å². The van der Waals surface area contributed by atoms with Crippen LogP contribution < -0.4 is 0 Å². The van der Waals surface area contributed by atoms with Gasteiger partial charge in [-0.3, -0.25) is 0 Å². The largest absolute Gasteiger partial charge is 0.159 e. The second-order valence-electron chi connectivity index (χ2n) is 8.26. The topological polar surface area (TPSA) is 0 Å². The standard InChI is InChI=1S/C24H48Cl2S/c1-3-5-7-9-11-13-15-17-19-23(25)21-27-22-24(26)20-18-16-14-12-10-8-6-4-2/h23-24H,3-22H2,1-2H3. The van der Waals surface area contributed by atoms with E-state index in [1.165, 1.54) is 116 Å². The Bertz CT molecular complexity index is 247. The molecule has 0 aromatic heterocycles. The molecule has 0 aromatic rings. The summed E-state index contributed by atoms with van der Waals surface area (Å²) in [7, 11) is 0. The lowest BCUT2D eigenvalue weighted by Crippen LogP contribution is -2.07. The Hall–Kier alpha value is 0.930. The highest BCUT2D eigenvalue weighted by Crippen LogP contribution is 2.20. The predicted molar refractivity (Wildman–Crippen MR) is 131 cm³/mol. The normalized spacial score (nSPS) is 13.8. The molecule has 0 rings (SSSR count). The number of alkyl halides is 2. The van der Waals surface area contributed by atoms with E-state index < -0.39 is 0 Å². The van der Waals surface area contributed by atoms with Crippen LogP contribution >= 0.6 is 35.0 Å². The van der Waals surface area contributed by atoms with E-state index in [-0.39, 0.29) is 0 Å². The van der Waals surface area contributed by atoms with Gasteiger partial charge in [0.15, 0.2) is 0 Å². The molecule has 0 N–H and O–H groups in total. The van der Waals surface area contributed by atoms with Crippen molar-refractivity contribution in [3.05, 3.63) is 0 Å². The third kappa shape index (κ3) is 23.1. The maximum absolute atomic E-state index is 6.48. The summed E-state index contributed by atoms with van der Waals surface area (Å²) in [5.74, 6) is 2.14. The van der Waals surface area contributed by atoms with Gasteiger partial charge in [-0.05, 0) is 12.8 Å². The van der Waals surface area contributed by atoms with Gasteiger partial charge in [0.05, 0.1) is 0 Å². The van der Waals surface area contributed by atoms with Gasteiger partial charge in [-0.1, -0.05) is 117 Å². The molecule has 0 aliphatic carbocycles. The van der Waals surface area contributed by atoms with Crippen molar-refractivity contribution in [3.63, 3.8) is 0 Å². The first-order chi connectivity index (χ1) is 13.2. The van der Waals surface area contributed by atoms with Crippen LogP contribution in [-0.2, 0) is 0 Å². The summed E-state index contributed by atoms with van der Waals surface area (Å²) in [4.78, 5) is 0. The third-order valence-corrected chi connectivity index (χ3v) is 7.73. The fourth-order valence-corrected chi connectivity index (χ4v) is 5.31. The highest BCUT2D eigenvalue weighted by atomic mass is 35.5. The summed E-state index contributed by atoms with van der Waals surface area (Å²) in [6.45, 7) is 4.56. The van der Waals surface area contributed by atoms with E-state index in [1.54, 1.807) is 0 Å². The van der Waals surface area contributed by atoms with Crippen molar-refractivity contribution in [2.45, 2.75) is 140 Å². The van der Waals surface area contributed by atoms with Crippen molar-refractivity contribution in [2.75, 3.05) is 11.5 Å². The van der Waals surface area contributed by atoms with Crippen molar-refractivity contribution < 1.29 is 0 Å². The molecule has 0 amide bonds. The maximum atomic E-state index is 6.48. The predicted octanol–water partition coefficient (Wildman–Crippen LogP) is 10.00. The molecule has 0 saturated carbocycles. The van der Waals surface area contributed by atoms with Crippen LogP contribution in [0.25, 0.3) is 0 Å². The van der Waals surface area contributed by atoms with Crippen LogP contribution in [0.2, 0.25) is 0 Å². The third-order valence-electron chi connectivity index (χ3n) is 5.34. The lowest BCUT2D eigenvalue weighted by atomic mass is 10.1. The number of hydrogen-bond acceptors (Lipinski definition) is 1. The molecule has 0 radical (unpaired) electrons. The summed E-state index contributed by atoms with van der Waals surface area (Å²) >= 11 is 14.9. The van der Waals surface area contributed by atoms with Gasteiger partial charge in [-0.2, -0.15) is 11.8 Å². The minimum Gasteiger partial charge on any atom is -0.159 e.